The van der Waals surface area contributed by atoms with Gasteiger partial charge in [0.2, 0.25) is 5.91 Å². The molecule has 0 aromatic carbocycles. The maximum atomic E-state index is 12.8. The van der Waals surface area contributed by atoms with Crippen molar-refractivity contribution < 1.29 is 19.0 Å². The number of nitrogens with two attached hydrogens (primary N) is 1. The minimum Gasteiger partial charge on any atom is -0.384 e. The second-order valence-corrected chi connectivity index (χ2v) is 8.30. The number of methoxy groups -OCH3 is 1. The normalized spacial score (nSPS) is 34.8. The van der Waals surface area contributed by atoms with Gasteiger partial charge in [0.1, 0.15) is 6.04 Å². The Kier molecular flexibility index (Phi) is 6.36. The van der Waals surface area contributed by atoms with Crippen LogP contribution in [0.25, 0.3) is 0 Å². The number of hydrogen-bond acceptors (Lipinski definition) is 5. The van der Waals surface area contributed by atoms with Gasteiger partial charge in [0.15, 0.2) is 0 Å². The van der Waals surface area contributed by atoms with E-state index in [2.05, 4.69) is 0 Å². The van der Waals surface area contributed by atoms with Crippen molar-refractivity contribution in [3.05, 3.63) is 0 Å². The lowest BCUT2D eigenvalue weighted by atomic mass is 9.72. The first-order valence-electron chi connectivity index (χ1n) is 9.79. The highest BCUT2D eigenvalue weighted by molar-refractivity contribution is 5.82. The summed E-state index contributed by atoms with van der Waals surface area (Å²) >= 11 is 0. The van der Waals surface area contributed by atoms with Crippen molar-refractivity contribution in [3.63, 3.8) is 0 Å². The van der Waals surface area contributed by atoms with E-state index in [1.807, 2.05) is 11.8 Å². The van der Waals surface area contributed by atoms with Crippen LogP contribution in [0, 0.1) is 11.3 Å². The van der Waals surface area contributed by atoms with E-state index < -0.39 is 6.04 Å². The van der Waals surface area contributed by atoms with Gasteiger partial charge in [0.25, 0.3) is 0 Å². The monoisotopic (exact) mass is 354 g/mol. The van der Waals surface area contributed by atoms with Crippen LogP contribution in [0.15, 0.2) is 0 Å². The van der Waals surface area contributed by atoms with Gasteiger partial charge in [-0.15, -0.1) is 0 Å². The number of likely N-dealkylation sites (tertiary alicyclic amines) is 1. The molecule has 6 heteroatoms. The summed E-state index contributed by atoms with van der Waals surface area (Å²) < 4.78 is 17.2. The summed E-state index contributed by atoms with van der Waals surface area (Å²) in [4.78, 5) is 14.6. The zero-order valence-corrected chi connectivity index (χ0v) is 15.7. The van der Waals surface area contributed by atoms with Crippen molar-refractivity contribution in [2.24, 2.45) is 17.1 Å². The quantitative estimate of drug-likeness (QED) is 0.751. The molecular formula is C19H34N2O4. The van der Waals surface area contributed by atoms with Gasteiger partial charge in [0.05, 0.1) is 32.0 Å². The van der Waals surface area contributed by atoms with E-state index in [1.54, 1.807) is 7.11 Å². The highest BCUT2D eigenvalue weighted by atomic mass is 16.5. The third kappa shape index (κ3) is 4.54. The molecule has 0 aromatic rings. The first-order chi connectivity index (χ1) is 12.0. The van der Waals surface area contributed by atoms with Crippen molar-refractivity contribution in [1.29, 1.82) is 0 Å². The summed E-state index contributed by atoms with van der Waals surface area (Å²) in [5.41, 5.74) is 6.38. The average molecular weight is 354 g/mol. The molecule has 4 aliphatic rings. The number of amides is 1. The minimum absolute atomic E-state index is 0.00871. The lowest BCUT2D eigenvalue weighted by Gasteiger charge is -2.46. The van der Waals surface area contributed by atoms with Crippen molar-refractivity contribution in [2.45, 2.75) is 63.7 Å². The zero-order chi connectivity index (χ0) is 17.9. The van der Waals surface area contributed by atoms with Crippen molar-refractivity contribution in [2.75, 3.05) is 40.0 Å². The van der Waals surface area contributed by atoms with Crippen LogP contribution in [-0.2, 0) is 19.0 Å². The summed E-state index contributed by atoms with van der Waals surface area (Å²) in [6.07, 6.45) is 6.92. The van der Waals surface area contributed by atoms with E-state index in [-0.39, 0.29) is 17.4 Å². The molecule has 2 bridgehead atoms. The number of hydrogen-bond donors (Lipinski definition) is 1. The molecule has 1 aliphatic carbocycles. The Labute approximate surface area is 151 Å². The van der Waals surface area contributed by atoms with E-state index in [4.69, 9.17) is 19.9 Å². The van der Waals surface area contributed by atoms with Crippen LogP contribution in [0.5, 0.6) is 0 Å². The second kappa shape index (κ2) is 8.33. The maximum absolute atomic E-state index is 12.8. The molecule has 3 aliphatic heterocycles. The van der Waals surface area contributed by atoms with Gasteiger partial charge in [-0.3, -0.25) is 4.79 Å². The molecule has 0 spiro atoms. The summed E-state index contributed by atoms with van der Waals surface area (Å²) in [7, 11) is 1.71. The van der Waals surface area contributed by atoms with Gasteiger partial charge in [-0.25, -0.2) is 0 Å². The highest BCUT2D eigenvalue weighted by Crippen LogP contribution is 2.43. The van der Waals surface area contributed by atoms with Crippen LogP contribution in [0.3, 0.4) is 0 Å². The van der Waals surface area contributed by atoms with Crippen LogP contribution in [0.4, 0.5) is 0 Å². The molecule has 2 N–H and O–H groups in total. The summed E-state index contributed by atoms with van der Waals surface area (Å²) in [5.74, 6) is 0.425. The molecule has 4 fully saturated rings. The Balaban J connectivity index is 1.47. The topological polar surface area (TPSA) is 74.0 Å². The third-order valence-electron chi connectivity index (χ3n) is 6.29. The van der Waals surface area contributed by atoms with E-state index in [9.17, 15) is 4.79 Å². The van der Waals surface area contributed by atoms with E-state index >= 15 is 0 Å². The Morgan fingerprint density at radius 2 is 2.12 bits per heavy atom. The average Bonchev–Trinajstić information content (AvgIpc) is 2.67. The predicted molar refractivity (Wildman–Crippen MR) is 95.2 cm³/mol. The molecule has 25 heavy (non-hydrogen) atoms. The van der Waals surface area contributed by atoms with Crippen molar-refractivity contribution in [3.8, 4) is 0 Å². The molecule has 3 heterocycles. The van der Waals surface area contributed by atoms with Crippen molar-refractivity contribution >= 4 is 5.91 Å². The molecule has 6 nitrogen and oxygen atoms in total. The van der Waals surface area contributed by atoms with E-state index in [0.29, 0.717) is 25.2 Å². The van der Waals surface area contributed by atoms with E-state index in [0.717, 1.165) is 45.4 Å². The van der Waals surface area contributed by atoms with Gasteiger partial charge >= 0.3 is 0 Å². The van der Waals surface area contributed by atoms with Gasteiger partial charge in [-0.1, -0.05) is 0 Å². The Bertz CT molecular complexity index is 435. The third-order valence-corrected chi connectivity index (χ3v) is 6.29. The molecule has 0 unspecified atom stereocenters. The predicted octanol–water partition coefficient (Wildman–Crippen LogP) is 1.56. The first kappa shape index (κ1) is 19.1. The molecular weight excluding hydrogens is 320 g/mol. The van der Waals surface area contributed by atoms with Crippen LogP contribution < -0.4 is 5.73 Å². The number of carbonyl (C=O) groups is 1. The van der Waals surface area contributed by atoms with Crippen LogP contribution >= 0.6 is 0 Å². The molecule has 1 saturated carbocycles. The summed E-state index contributed by atoms with van der Waals surface area (Å²) in [5, 5.41) is 0. The number of piperidine rings is 1. The summed E-state index contributed by atoms with van der Waals surface area (Å²) in [6.45, 7) is 5.59. The Morgan fingerprint density at radius 3 is 2.76 bits per heavy atom. The number of rotatable bonds is 7. The SMILES string of the molecule is COC[C@H]1CCCN(C(=O)[C@H](N)[C@@H](C)OCC23CCC(CC2)OC3)C1. The highest BCUT2D eigenvalue weighted by Gasteiger charge is 2.42. The minimum atomic E-state index is -0.599. The fourth-order valence-electron chi connectivity index (χ4n) is 4.46. The smallest absolute Gasteiger partial charge is 0.242 e. The zero-order valence-electron chi connectivity index (χ0n) is 15.7. The van der Waals surface area contributed by atoms with E-state index in [1.165, 1.54) is 12.8 Å². The molecule has 0 radical (unpaired) electrons. The largest absolute Gasteiger partial charge is 0.384 e. The van der Waals surface area contributed by atoms with Crippen LogP contribution in [0.2, 0.25) is 0 Å². The molecule has 1 amide bonds. The second-order valence-electron chi connectivity index (χ2n) is 8.30. The summed E-state index contributed by atoms with van der Waals surface area (Å²) in [6, 6.07) is -0.599. The molecule has 0 aromatic heterocycles. The van der Waals surface area contributed by atoms with Gasteiger partial charge in [-0.2, -0.15) is 0 Å². The molecule has 144 valence electrons. The first-order valence-corrected chi connectivity index (χ1v) is 9.79. The van der Waals surface area contributed by atoms with Gasteiger partial charge in [0, 0.05) is 25.6 Å². The molecule has 3 atom stereocenters. The number of nitrogens with zero attached hydrogens (tertiary/aromatic N) is 1. The maximum Gasteiger partial charge on any atom is 0.242 e. The van der Waals surface area contributed by atoms with Gasteiger partial charge < -0.3 is 24.8 Å². The lowest BCUT2D eigenvalue weighted by molar-refractivity contribution is -0.155. The number of ether oxygens (including phenoxy) is 3. The Morgan fingerprint density at radius 1 is 1.36 bits per heavy atom. The lowest BCUT2D eigenvalue weighted by Crippen LogP contribution is -2.54. The molecule has 3 saturated heterocycles. The fourth-order valence-corrected chi connectivity index (χ4v) is 4.46. The van der Waals surface area contributed by atoms with Crippen LogP contribution in [0.1, 0.15) is 45.4 Å². The van der Waals surface area contributed by atoms with Crippen molar-refractivity contribution in [1.82, 2.24) is 4.90 Å². The van der Waals surface area contributed by atoms with Crippen LogP contribution in [-0.4, -0.2) is 69.1 Å². The number of carbonyl (C=O) groups excluding carboxylic acids is 1. The number of fused-ring (bicyclic) bond motifs is 3. The standard InChI is InChI=1S/C19H34N2O4/c1-14(24-12-19-7-5-16(6-8-19)25-13-19)17(20)18(22)21-9-3-4-15(10-21)11-23-2/h14-17H,3-13,20H2,1-2H3/t14-,15+,16?,17-,19?/m1/s1. The fraction of sp³-hybridized carbons (Fsp3) is 0.947. The Hall–Kier alpha value is -0.690. The van der Waals surface area contributed by atoms with Gasteiger partial charge in [-0.05, 0) is 51.4 Å². The molecule has 4 rings (SSSR count).